The molecule has 3 N–H and O–H groups in total. The first-order valence-corrected chi connectivity index (χ1v) is 4.08. The summed E-state index contributed by atoms with van der Waals surface area (Å²) in [6.45, 7) is 0. The minimum atomic E-state index is -2.36. The normalized spacial score (nSPS) is 12.5. The van der Waals surface area contributed by atoms with Crippen LogP contribution in [0.3, 0.4) is 0 Å². The minimum absolute atomic E-state index is 0.238. The summed E-state index contributed by atoms with van der Waals surface area (Å²) >= 11 is -2.36. The molecule has 2 bridgehead atoms. The van der Waals surface area contributed by atoms with Gasteiger partial charge in [-0.3, -0.25) is 9.35 Å². The topological polar surface area (TPSA) is 99.5 Å². The summed E-state index contributed by atoms with van der Waals surface area (Å²) in [7, 11) is 0. The van der Waals surface area contributed by atoms with Crippen LogP contribution in [0.1, 0.15) is 0 Å². The molecule has 6 heteroatoms. The maximum atomic E-state index is 8.85. The monoisotopic (exact) mass is 188 g/mol. The van der Waals surface area contributed by atoms with Crippen LogP contribution in [0.4, 0.5) is 0 Å². The molecule has 0 amide bonds. The molecule has 2 heterocycles. The Bertz CT molecular complexity index is 367. The Morgan fingerprint density at radius 3 is 2.33 bits per heavy atom. The van der Waals surface area contributed by atoms with Gasteiger partial charge in [-0.25, -0.2) is 0 Å². The van der Waals surface area contributed by atoms with Crippen molar-refractivity contribution < 1.29 is 18.3 Å². The molecule has 66 valence electrons. The number of benzene rings is 1. The van der Waals surface area contributed by atoms with Gasteiger partial charge in [-0.1, -0.05) is 0 Å². The summed E-state index contributed by atoms with van der Waals surface area (Å²) in [6, 6.07) is 5.15. The Kier molecular flexibility index (Phi) is 2.64. The van der Waals surface area contributed by atoms with Crippen molar-refractivity contribution in [3.63, 3.8) is 0 Å². The Morgan fingerprint density at radius 1 is 1.58 bits per heavy atom. The number of aromatic hydroxyl groups is 1. The van der Waals surface area contributed by atoms with Crippen LogP contribution in [0, 0.1) is 0 Å². The van der Waals surface area contributed by atoms with E-state index in [-0.39, 0.29) is 5.75 Å². The zero-order chi connectivity index (χ0) is 9.14. The van der Waals surface area contributed by atoms with E-state index in [4.69, 9.17) is 18.3 Å². The van der Waals surface area contributed by atoms with E-state index in [1.54, 1.807) is 12.1 Å². The van der Waals surface area contributed by atoms with Gasteiger partial charge in [-0.05, 0) is 12.1 Å². The Balaban J connectivity index is 0.000000157. The fourth-order valence-electron chi connectivity index (χ4n) is 0.774. The minimum Gasteiger partial charge on any atom is -0.760 e. The average Bonchev–Trinajstić information content (AvgIpc) is 2.44. The second-order valence-corrected chi connectivity index (χ2v) is 2.51. The van der Waals surface area contributed by atoms with E-state index < -0.39 is 11.3 Å². The predicted molar refractivity (Wildman–Crippen MR) is 42.2 cm³/mol. The van der Waals surface area contributed by atoms with Crippen molar-refractivity contribution in [2.45, 2.75) is 0 Å². The third kappa shape index (κ3) is 2.19. The van der Waals surface area contributed by atoms with Crippen LogP contribution in [0.15, 0.2) is 22.6 Å². The second kappa shape index (κ2) is 3.53. The van der Waals surface area contributed by atoms with Crippen LogP contribution >= 0.6 is 0 Å². The van der Waals surface area contributed by atoms with Crippen molar-refractivity contribution in [3.8, 4) is 5.75 Å². The highest BCUT2D eigenvalue weighted by atomic mass is 32.2. The quantitative estimate of drug-likeness (QED) is 0.581. The Morgan fingerprint density at radius 2 is 2.17 bits per heavy atom. The fraction of sp³-hybridized carbons (Fsp3) is 0. The van der Waals surface area contributed by atoms with Gasteiger partial charge in [-0.15, -0.1) is 0 Å². The highest BCUT2D eigenvalue weighted by molar-refractivity contribution is 7.76. The van der Waals surface area contributed by atoms with Crippen molar-refractivity contribution in [2.75, 3.05) is 0 Å². The molecule has 0 aliphatic carbocycles. The molecule has 0 aliphatic heterocycles. The van der Waals surface area contributed by atoms with E-state index in [0.29, 0.717) is 5.58 Å². The Labute approximate surface area is 70.5 Å². The molecule has 0 fully saturated rings. The highest BCUT2D eigenvalue weighted by Gasteiger charge is 2.02. The van der Waals surface area contributed by atoms with Crippen LogP contribution in [0.25, 0.3) is 11.2 Å². The van der Waals surface area contributed by atoms with Gasteiger partial charge in [0.2, 0.25) is 0 Å². The maximum absolute atomic E-state index is 8.85. The first-order chi connectivity index (χ1) is 5.59. The molecule has 0 aliphatic rings. The number of phenolic OH excluding ortho intramolecular Hbond substituents is 1. The summed E-state index contributed by atoms with van der Waals surface area (Å²) < 4.78 is 22.5. The molecule has 2 rings (SSSR count). The number of hydrogen-bond acceptors (Lipinski definition) is 4. The van der Waals surface area contributed by atoms with Gasteiger partial charge in [0.15, 0.2) is 11.3 Å². The van der Waals surface area contributed by atoms with Gasteiger partial charge >= 0.3 is 0 Å². The summed E-state index contributed by atoms with van der Waals surface area (Å²) in [6.07, 6.45) is 0. The number of rotatable bonds is 0. The van der Waals surface area contributed by atoms with Crippen LogP contribution in [-0.4, -0.2) is 13.9 Å². The van der Waals surface area contributed by atoms with Crippen LogP contribution in [0.2, 0.25) is 0 Å². The lowest BCUT2D eigenvalue weighted by Crippen LogP contribution is -1.97. The van der Waals surface area contributed by atoms with Crippen molar-refractivity contribution >= 4 is 22.4 Å². The number of fused-ring (bicyclic) bond motifs is 2. The van der Waals surface area contributed by atoms with E-state index in [2.05, 4.69) is 5.14 Å². The summed E-state index contributed by atoms with van der Waals surface area (Å²) in [5.41, 5.74) is 1.30. The van der Waals surface area contributed by atoms with Crippen LogP contribution < -0.4 is 5.14 Å². The van der Waals surface area contributed by atoms with Crippen molar-refractivity contribution in [3.05, 3.63) is 18.2 Å². The van der Waals surface area contributed by atoms with Crippen molar-refractivity contribution in [1.29, 1.82) is 0 Å². The van der Waals surface area contributed by atoms with E-state index in [1.165, 1.54) is 0 Å². The van der Waals surface area contributed by atoms with Crippen LogP contribution in [0.5, 0.6) is 5.75 Å². The van der Waals surface area contributed by atoms with Gasteiger partial charge in [0.1, 0.15) is 5.58 Å². The number of nitrogens with two attached hydrogens (primary N) is 1. The van der Waals surface area contributed by atoms with Crippen LogP contribution in [-0.2, 0) is 11.3 Å². The van der Waals surface area contributed by atoms with Crippen molar-refractivity contribution in [1.82, 2.24) is 0 Å². The standard InChI is InChI=1S/C6H4O2.H3NO2S/c7-5-3-4-1-2-6(5)8-4;1-4(2)3/h1-3,7H;1H2,(H,2,3)/p-1. The maximum Gasteiger partial charge on any atom is 0.169 e. The van der Waals surface area contributed by atoms with E-state index in [0.717, 1.165) is 5.58 Å². The van der Waals surface area contributed by atoms with Crippen molar-refractivity contribution in [2.24, 2.45) is 5.14 Å². The number of hydrogen-bond donors (Lipinski definition) is 2. The molecule has 0 saturated carbocycles. The molecule has 2 aromatic rings. The average molecular weight is 188 g/mol. The predicted octanol–water partition coefficient (Wildman–Crippen LogP) is 0.315. The SMILES string of the molecule is NS(=O)[O-].Oc1cc2ccc1o2. The van der Waals surface area contributed by atoms with Gasteiger partial charge in [0.25, 0.3) is 0 Å². The molecule has 0 radical (unpaired) electrons. The highest BCUT2D eigenvalue weighted by Crippen LogP contribution is 2.26. The smallest absolute Gasteiger partial charge is 0.169 e. The Hall–Kier alpha value is -1.11. The summed E-state index contributed by atoms with van der Waals surface area (Å²) in [5, 5.41) is 12.9. The third-order valence-corrected chi connectivity index (χ3v) is 1.16. The number of phenols is 1. The molecular formula is C6H6NO4S-. The second-order valence-electron chi connectivity index (χ2n) is 1.99. The first kappa shape index (κ1) is 8.98. The van der Waals surface area contributed by atoms with E-state index in [1.807, 2.05) is 6.07 Å². The molecule has 0 saturated heterocycles. The summed E-state index contributed by atoms with van der Waals surface area (Å²) in [4.78, 5) is 0. The summed E-state index contributed by atoms with van der Waals surface area (Å²) in [5.74, 6) is 0.238. The molecular weight excluding hydrogens is 182 g/mol. The first-order valence-electron chi connectivity index (χ1n) is 2.94. The molecule has 2 aromatic heterocycles. The molecule has 12 heavy (non-hydrogen) atoms. The zero-order valence-electron chi connectivity index (χ0n) is 5.89. The van der Waals surface area contributed by atoms with Gasteiger partial charge in [-0.2, -0.15) is 0 Å². The molecule has 1 unspecified atom stereocenters. The lowest BCUT2D eigenvalue weighted by molar-refractivity contribution is 0.476. The molecule has 0 spiro atoms. The zero-order valence-corrected chi connectivity index (χ0v) is 6.71. The molecule has 1 atom stereocenters. The van der Waals surface area contributed by atoms with E-state index in [9.17, 15) is 0 Å². The van der Waals surface area contributed by atoms with Gasteiger partial charge in [0, 0.05) is 17.3 Å². The third-order valence-electron chi connectivity index (χ3n) is 1.16. The lowest BCUT2D eigenvalue weighted by atomic mass is 10.3. The molecule has 0 aromatic carbocycles. The molecule has 5 nitrogen and oxygen atoms in total. The largest absolute Gasteiger partial charge is 0.760 e. The lowest BCUT2D eigenvalue weighted by Gasteiger charge is -1.85. The van der Waals surface area contributed by atoms with Gasteiger partial charge < -0.3 is 14.1 Å². The number of furan rings is 2. The van der Waals surface area contributed by atoms with Gasteiger partial charge in [0.05, 0.1) is 0 Å². The fourth-order valence-corrected chi connectivity index (χ4v) is 0.774. The van der Waals surface area contributed by atoms with E-state index >= 15 is 0 Å².